The Hall–Kier alpha value is -4.18. The minimum atomic E-state index is -0.570. The number of nitro groups is 1. The van der Waals surface area contributed by atoms with Crippen LogP contribution in [0.5, 0.6) is 0 Å². The van der Waals surface area contributed by atoms with E-state index in [0.29, 0.717) is 29.0 Å². The lowest BCUT2D eigenvalue weighted by Gasteiger charge is -2.16. The quantitative estimate of drug-likeness (QED) is 0.189. The maximum Gasteiger partial charge on any atom is 0.319 e. The Kier molecular flexibility index (Phi) is 7.51. The normalized spacial score (nSPS) is 11.5. The number of hydrogen-bond donors (Lipinski definition) is 2. The lowest BCUT2D eigenvalue weighted by molar-refractivity contribution is -0.384. The van der Waals surface area contributed by atoms with Crippen LogP contribution in [0, 0.1) is 10.1 Å². The minimum absolute atomic E-state index is 0.0562. The van der Waals surface area contributed by atoms with Gasteiger partial charge in [-0.2, -0.15) is 0 Å². The molecule has 172 valence electrons. The van der Waals surface area contributed by atoms with Gasteiger partial charge in [0, 0.05) is 30.0 Å². The number of anilines is 1. The van der Waals surface area contributed by atoms with E-state index < -0.39 is 17.0 Å². The van der Waals surface area contributed by atoms with Gasteiger partial charge in [-0.05, 0) is 23.3 Å². The number of amides is 2. The first-order valence-electron chi connectivity index (χ1n) is 10.4. The van der Waals surface area contributed by atoms with Crippen molar-refractivity contribution in [3.8, 4) is 0 Å². The molecule has 0 spiro atoms. The largest absolute Gasteiger partial charge is 0.414 e. The first-order chi connectivity index (χ1) is 16.6. The second-order valence-corrected chi connectivity index (χ2v) is 8.25. The van der Waals surface area contributed by atoms with E-state index in [-0.39, 0.29) is 5.69 Å². The number of nitro benzene ring substituents is 1. The molecule has 4 rings (SSSR count). The number of carbonyl (C=O) groups excluding carboxylic acids is 1. The first-order valence-corrected chi connectivity index (χ1v) is 11.4. The number of non-ortho nitro benzene ring substituents is 1. The SMILES string of the molecule is O=C(Nc1ccc([N+](=O)[O-])cc1)N[C@@H](Cc1ccccc1)c1nnc(SCc2ccccc2)o1. The zero-order valence-corrected chi connectivity index (χ0v) is 18.8. The van der Waals surface area contributed by atoms with Crippen LogP contribution in [0.15, 0.2) is 94.6 Å². The molecular formula is C24H21N5O4S. The van der Waals surface area contributed by atoms with Crippen LogP contribution in [-0.2, 0) is 12.2 Å². The number of carbonyl (C=O) groups is 1. The standard InChI is InChI=1S/C24H21N5O4S/c30-23(25-19-11-13-20(14-12-19)29(31)32)26-21(15-17-7-3-1-4-8-17)22-27-28-24(33-22)34-16-18-9-5-2-6-10-18/h1-14,21H,15-16H2,(H2,25,26,30)/t21-/m0/s1. The van der Waals surface area contributed by atoms with Crippen LogP contribution in [0.3, 0.4) is 0 Å². The van der Waals surface area contributed by atoms with Crippen LogP contribution in [-0.4, -0.2) is 21.2 Å². The predicted molar refractivity (Wildman–Crippen MR) is 128 cm³/mol. The molecule has 34 heavy (non-hydrogen) atoms. The van der Waals surface area contributed by atoms with Crippen LogP contribution in [0.1, 0.15) is 23.1 Å². The summed E-state index contributed by atoms with van der Waals surface area (Å²) in [7, 11) is 0. The average molecular weight is 476 g/mol. The van der Waals surface area contributed by atoms with Crippen LogP contribution in [0.2, 0.25) is 0 Å². The van der Waals surface area contributed by atoms with Gasteiger partial charge in [0.2, 0.25) is 5.89 Å². The summed E-state index contributed by atoms with van der Waals surface area (Å²) in [6, 6.07) is 24.1. The molecule has 1 heterocycles. The van der Waals surface area contributed by atoms with Gasteiger partial charge in [0.1, 0.15) is 6.04 Å². The van der Waals surface area contributed by atoms with Gasteiger partial charge in [0.15, 0.2) is 0 Å². The van der Waals surface area contributed by atoms with Crippen molar-refractivity contribution in [1.82, 2.24) is 15.5 Å². The summed E-state index contributed by atoms with van der Waals surface area (Å²) in [4.78, 5) is 23.0. The number of aromatic nitrogens is 2. The second-order valence-electron chi connectivity index (χ2n) is 7.33. The molecule has 0 aliphatic rings. The average Bonchev–Trinajstić information content (AvgIpc) is 3.33. The highest BCUT2D eigenvalue weighted by molar-refractivity contribution is 7.98. The fourth-order valence-corrected chi connectivity index (χ4v) is 3.91. The van der Waals surface area contributed by atoms with Crippen LogP contribution < -0.4 is 10.6 Å². The van der Waals surface area contributed by atoms with E-state index in [4.69, 9.17) is 4.42 Å². The lowest BCUT2D eigenvalue weighted by Crippen LogP contribution is -2.34. The molecule has 0 unspecified atom stereocenters. The smallest absolute Gasteiger partial charge is 0.319 e. The van der Waals surface area contributed by atoms with Gasteiger partial charge in [-0.15, -0.1) is 10.2 Å². The molecule has 2 amide bonds. The second kappa shape index (κ2) is 11.1. The van der Waals surface area contributed by atoms with Gasteiger partial charge in [-0.1, -0.05) is 72.4 Å². The molecule has 10 heteroatoms. The molecule has 1 atom stereocenters. The number of benzene rings is 3. The van der Waals surface area contributed by atoms with Gasteiger partial charge in [0.25, 0.3) is 10.9 Å². The molecule has 2 N–H and O–H groups in total. The van der Waals surface area contributed by atoms with Crippen molar-refractivity contribution >= 4 is 29.2 Å². The zero-order valence-electron chi connectivity index (χ0n) is 18.0. The summed E-state index contributed by atoms with van der Waals surface area (Å²) in [6.45, 7) is 0. The Labute approximate surface area is 199 Å². The van der Waals surface area contributed by atoms with Crippen LogP contribution in [0.25, 0.3) is 0 Å². The summed E-state index contributed by atoms with van der Waals surface area (Å²) in [5.74, 6) is 0.970. The van der Waals surface area contributed by atoms with Crippen molar-refractivity contribution in [2.45, 2.75) is 23.4 Å². The summed E-state index contributed by atoms with van der Waals surface area (Å²) in [5.41, 5.74) is 2.49. The third-order valence-corrected chi connectivity index (χ3v) is 5.74. The molecule has 0 aliphatic carbocycles. The van der Waals surface area contributed by atoms with Gasteiger partial charge < -0.3 is 15.1 Å². The van der Waals surface area contributed by atoms with Crippen molar-refractivity contribution in [3.05, 3.63) is 112 Å². The van der Waals surface area contributed by atoms with Crippen molar-refractivity contribution in [2.24, 2.45) is 0 Å². The summed E-state index contributed by atoms with van der Waals surface area (Å²) < 4.78 is 5.86. The molecule has 0 saturated heterocycles. The highest BCUT2D eigenvalue weighted by atomic mass is 32.2. The molecular weight excluding hydrogens is 454 g/mol. The molecule has 3 aromatic carbocycles. The minimum Gasteiger partial charge on any atom is -0.414 e. The number of rotatable bonds is 9. The van der Waals surface area contributed by atoms with Gasteiger partial charge in [-0.3, -0.25) is 10.1 Å². The Morgan fingerprint density at radius 3 is 2.24 bits per heavy atom. The maximum atomic E-state index is 12.7. The Morgan fingerprint density at radius 2 is 1.59 bits per heavy atom. The Bertz CT molecular complexity index is 1230. The van der Waals surface area contributed by atoms with E-state index in [2.05, 4.69) is 20.8 Å². The third kappa shape index (κ3) is 6.42. The Morgan fingerprint density at radius 1 is 0.941 bits per heavy atom. The molecule has 4 aromatic rings. The van der Waals surface area contributed by atoms with Crippen molar-refractivity contribution in [3.63, 3.8) is 0 Å². The monoisotopic (exact) mass is 475 g/mol. The van der Waals surface area contributed by atoms with Gasteiger partial charge in [0.05, 0.1) is 4.92 Å². The van der Waals surface area contributed by atoms with Crippen molar-refractivity contribution < 1.29 is 14.1 Å². The highest BCUT2D eigenvalue weighted by Gasteiger charge is 2.22. The number of thioether (sulfide) groups is 1. The van der Waals surface area contributed by atoms with E-state index >= 15 is 0 Å². The number of hydrogen-bond acceptors (Lipinski definition) is 7. The topological polar surface area (TPSA) is 123 Å². The van der Waals surface area contributed by atoms with Gasteiger partial charge >= 0.3 is 6.03 Å². The molecule has 0 fully saturated rings. The molecule has 0 bridgehead atoms. The number of nitrogens with one attached hydrogen (secondary N) is 2. The van der Waals surface area contributed by atoms with Crippen LogP contribution >= 0.6 is 11.8 Å². The molecule has 0 saturated carbocycles. The van der Waals surface area contributed by atoms with Gasteiger partial charge in [-0.25, -0.2) is 4.79 Å². The molecule has 0 radical (unpaired) electrons. The van der Waals surface area contributed by atoms with E-state index in [9.17, 15) is 14.9 Å². The number of urea groups is 1. The maximum absolute atomic E-state index is 12.7. The Balaban J connectivity index is 1.45. The lowest BCUT2D eigenvalue weighted by atomic mass is 10.1. The summed E-state index contributed by atoms with van der Waals surface area (Å²) in [5, 5.41) is 25.1. The fourth-order valence-electron chi connectivity index (χ4n) is 3.18. The van der Waals surface area contributed by atoms with Crippen molar-refractivity contribution in [1.29, 1.82) is 0 Å². The van der Waals surface area contributed by atoms with Crippen LogP contribution in [0.4, 0.5) is 16.2 Å². The fraction of sp³-hybridized carbons (Fsp3) is 0.125. The highest BCUT2D eigenvalue weighted by Crippen LogP contribution is 2.25. The summed E-state index contributed by atoms with van der Waals surface area (Å²) >= 11 is 1.42. The molecule has 0 aliphatic heterocycles. The molecule has 1 aromatic heterocycles. The summed E-state index contributed by atoms with van der Waals surface area (Å²) in [6.07, 6.45) is 0.444. The molecule has 9 nitrogen and oxygen atoms in total. The zero-order chi connectivity index (χ0) is 23.8. The van der Waals surface area contributed by atoms with Crippen molar-refractivity contribution in [2.75, 3.05) is 5.32 Å². The van der Waals surface area contributed by atoms with E-state index in [1.165, 1.54) is 36.0 Å². The van der Waals surface area contributed by atoms with E-state index in [0.717, 1.165) is 11.1 Å². The third-order valence-electron chi connectivity index (χ3n) is 4.85. The van der Waals surface area contributed by atoms with E-state index in [1.54, 1.807) is 0 Å². The van der Waals surface area contributed by atoms with E-state index in [1.807, 2.05) is 60.7 Å². The first kappa shape index (κ1) is 23.0. The predicted octanol–water partition coefficient (Wildman–Crippen LogP) is 5.38. The number of nitrogens with zero attached hydrogens (tertiary/aromatic N) is 3.